The van der Waals surface area contributed by atoms with Crippen molar-refractivity contribution >= 4 is 35.8 Å². The number of pyridine rings is 1. The number of piperazine rings is 1. The fourth-order valence-corrected chi connectivity index (χ4v) is 3.69. The Hall–Kier alpha value is -1.13. The molecule has 28 heavy (non-hydrogen) atoms. The zero-order chi connectivity index (χ0) is 19.1. The van der Waals surface area contributed by atoms with Crippen LogP contribution in [0.5, 0.6) is 0 Å². The summed E-state index contributed by atoms with van der Waals surface area (Å²) >= 11 is 0. The lowest BCUT2D eigenvalue weighted by molar-refractivity contribution is 0.0243. The van der Waals surface area contributed by atoms with E-state index in [1.165, 1.54) is 5.56 Å². The summed E-state index contributed by atoms with van der Waals surface area (Å²) in [6.07, 6.45) is 4.13. The lowest BCUT2D eigenvalue weighted by Crippen LogP contribution is -2.46. The summed E-state index contributed by atoms with van der Waals surface area (Å²) in [6, 6.07) is 4.25. The summed E-state index contributed by atoms with van der Waals surface area (Å²) in [5.74, 6) is 1.88. The van der Waals surface area contributed by atoms with E-state index in [1.807, 2.05) is 6.20 Å². The van der Waals surface area contributed by atoms with Crippen molar-refractivity contribution in [2.45, 2.75) is 38.8 Å². The van der Waals surface area contributed by atoms with Crippen molar-refractivity contribution in [1.82, 2.24) is 20.5 Å². The average Bonchev–Trinajstić information content (AvgIpc) is 3.15. The van der Waals surface area contributed by atoms with Crippen molar-refractivity contribution in [3.8, 4) is 0 Å². The van der Waals surface area contributed by atoms with Crippen LogP contribution in [-0.4, -0.2) is 74.4 Å². The summed E-state index contributed by atoms with van der Waals surface area (Å²) in [7, 11) is 1.80. The van der Waals surface area contributed by atoms with Crippen LogP contribution in [0.1, 0.15) is 32.3 Å². The molecule has 1 aromatic rings. The number of nitrogens with zero attached hydrogens (tertiary/aromatic N) is 4. The summed E-state index contributed by atoms with van der Waals surface area (Å²) < 4.78 is 5.83. The summed E-state index contributed by atoms with van der Waals surface area (Å²) in [5.41, 5.74) is 1.13. The first-order valence-electron chi connectivity index (χ1n) is 10.1. The fraction of sp³-hybridized carbons (Fsp3) is 0.700. The third-order valence-corrected chi connectivity index (χ3v) is 5.57. The first-order chi connectivity index (χ1) is 13.1. The molecule has 158 valence electrons. The Bertz CT molecular complexity index is 627. The summed E-state index contributed by atoms with van der Waals surface area (Å²) in [6.45, 7) is 12.2. The van der Waals surface area contributed by atoms with E-state index in [1.54, 1.807) is 7.05 Å². The minimum absolute atomic E-state index is 0. The molecule has 2 aliphatic heterocycles. The van der Waals surface area contributed by atoms with Crippen molar-refractivity contribution < 1.29 is 4.74 Å². The summed E-state index contributed by atoms with van der Waals surface area (Å²) in [4.78, 5) is 13.8. The van der Waals surface area contributed by atoms with Gasteiger partial charge in [-0.05, 0) is 44.0 Å². The number of hydrogen-bond acceptors (Lipinski definition) is 5. The highest BCUT2D eigenvalue weighted by Gasteiger charge is 2.29. The van der Waals surface area contributed by atoms with Gasteiger partial charge in [0.15, 0.2) is 5.96 Å². The van der Waals surface area contributed by atoms with Gasteiger partial charge in [-0.25, -0.2) is 4.98 Å². The topological polar surface area (TPSA) is 65.0 Å². The Morgan fingerprint density at radius 3 is 2.71 bits per heavy atom. The Balaban J connectivity index is 0.00000280. The van der Waals surface area contributed by atoms with Crippen LogP contribution in [0, 0.1) is 0 Å². The van der Waals surface area contributed by atoms with Crippen molar-refractivity contribution in [3.63, 3.8) is 0 Å². The molecule has 0 aromatic carbocycles. The molecule has 1 atom stereocenters. The molecule has 2 N–H and O–H groups in total. The molecule has 3 heterocycles. The van der Waals surface area contributed by atoms with E-state index < -0.39 is 0 Å². The lowest BCUT2D eigenvalue weighted by Gasteiger charge is -2.34. The molecule has 0 saturated carbocycles. The van der Waals surface area contributed by atoms with Gasteiger partial charge in [0.25, 0.3) is 0 Å². The molecule has 0 radical (unpaired) electrons. The number of aromatic nitrogens is 1. The Morgan fingerprint density at radius 1 is 1.29 bits per heavy atom. The van der Waals surface area contributed by atoms with Crippen LogP contribution >= 0.6 is 24.0 Å². The van der Waals surface area contributed by atoms with Crippen molar-refractivity contribution in [1.29, 1.82) is 0 Å². The van der Waals surface area contributed by atoms with E-state index in [0.29, 0.717) is 0 Å². The highest BCUT2D eigenvalue weighted by atomic mass is 127. The molecule has 8 heteroatoms. The van der Waals surface area contributed by atoms with Crippen molar-refractivity contribution in [2.75, 3.05) is 57.8 Å². The van der Waals surface area contributed by atoms with Crippen LogP contribution in [0.3, 0.4) is 0 Å². The van der Waals surface area contributed by atoms with Crippen LogP contribution in [-0.2, 0) is 11.3 Å². The molecule has 2 fully saturated rings. The molecule has 3 rings (SSSR count). The first kappa shape index (κ1) is 23.2. The second-order valence-electron chi connectivity index (χ2n) is 7.62. The maximum atomic E-state index is 5.83. The van der Waals surface area contributed by atoms with Crippen LogP contribution in [0.4, 0.5) is 5.82 Å². The molecule has 1 unspecified atom stereocenters. The quantitative estimate of drug-likeness (QED) is 0.353. The predicted molar refractivity (Wildman–Crippen MR) is 126 cm³/mol. The second kappa shape index (κ2) is 11.2. The van der Waals surface area contributed by atoms with E-state index >= 15 is 0 Å². The molecule has 2 saturated heterocycles. The van der Waals surface area contributed by atoms with Crippen molar-refractivity contribution in [2.24, 2.45) is 4.99 Å². The number of halogens is 1. The number of hydrogen-bond donors (Lipinski definition) is 2. The van der Waals surface area contributed by atoms with Gasteiger partial charge in [0, 0.05) is 59.1 Å². The fourth-order valence-electron chi connectivity index (χ4n) is 3.69. The van der Waals surface area contributed by atoms with E-state index in [-0.39, 0.29) is 29.6 Å². The molecule has 7 nitrogen and oxygen atoms in total. The normalized spacial score (nSPS) is 23.4. The number of aliphatic imine (C=N–C) groups is 1. The standard InChI is InChI=1S/C20H34N6O.HI/c1-4-25-9-11-26(12-10-25)18-14-17(6-8-22-18)15-23-19(21-3)24-16-20(2)7-5-13-27-20;/h6,8,14H,4-5,7,9-13,15-16H2,1-3H3,(H2,21,23,24);1H. The van der Waals surface area contributed by atoms with E-state index in [4.69, 9.17) is 4.74 Å². The van der Waals surface area contributed by atoms with Crippen LogP contribution in [0.15, 0.2) is 23.3 Å². The molecular weight excluding hydrogens is 467 g/mol. The van der Waals surface area contributed by atoms with Gasteiger partial charge >= 0.3 is 0 Å². The Kier molecular flexibility index (Phi) is 9.23. The number of nitrogens with one attached hydrogen (secondary N) is 2. The molecule has 0 spiro atoms. The Labute approximate surface area is 186 Å². The minimum atomic E-state index is -0.0813. The van der Waals surface area contributed by atoms with E-state index in [2.05, 4.69) is 56.4 Å². The van der Waals surface area contributed by atoms with Gasteiger partial charge in [-0.2, -0.15) is 0 Å². The van der Waals surface area contributed by atoms with Gasteiger partial charge in [-0.1, -0.05) is 6.92 Å². The van der Waals surface area contributed by atoms with Gasteiger partial charge in [0.05, 0.1) is 5.60 Å². The van der Waals surface area contributed by atoms with Gasteiger partial charge in [0.1, 0.15) is 5.82 Å². The number of guanidine groups is 1. The third kappa shape index (κ3) is 6.45. The monoisotopic (exact) mass is 502 g/mol. The first-order valence-corrected chi connectivity index (χ1v) is 10.1. The summed E-state index contributed by atoms with van der Waals surface area (Å²) in [5, 5.41) is 6.80. The number of ether oxygens (including phenoxy) is 1. The van der Waals surface area contributed by atoms with Crippen molar-refractivity contribution in [3.05, 3.63) is 23.9 Å². The van der Waals surface area contributed by atoms with Crippen LogP contribution in [0.25, 0.3) is 0 Å². The zero-order valence-electron chi connectivity index (χ0n) is 17.4. The van der Waals surface area contributed by atoms with Gasteiger partial charge < -0.3 is 25.2 Å². The van der Waals surface area contributed by atoms with Crippen LogP contribution in [0.2, 0.25) is 0 Å². The molecule has 2 aliphatic rings. The molecule has 0 bridgehead atoms. The van der Waals surface area contributed by atoms with E-state index in [0.717, 1.165) is 77.0 Å². The maximum Gasteiger partial charge on any atom is 0.191 e. The number of rotatable bonds is 6. The second-order valence-corrected chi connectivity index (χ2v) is 7.62. The SMILES string of the molecule is CCN1CCN(c2cc(CNC(=NC)NCC3(C)CCCO3)ccn2)CC1.I. The smallest absolute Gasteiger partial charge is 0.191 e. The Morgan fingerprint density at radius 2 is 2.07 bits per heavy atom. The average molecular weight is 502 g/mol. The van der Waals surface area contributed by atoms with Gasteiger partial charge in [-0.15, -0.1) is 24.0 Å². The molecule has 0 amide bonds. The highest BCUT2D eigenvalue weighted by Crippen LogP contribution is 2.23. The van der Waals surface area contributed by atoms with Gasteiger partial charge in [-0.3, -0.25) is 4.99 Å². The highest BCUT2D eigenvalue weighted by molar-refractivity contribution is 14.0. The maximum absolute atomic E-state index is 5.83. The zero-order valence-corrected chi connectivity index (χ0v) is 19.7. The predicted octanol–water partition coefficient (Wildman–Crippen LogP) is 2.08. The number of anilines is 1. The third-order valence-electron chi connectivity index (χ3n) is 5.57. The lowest BCUT2D eigenvalue weighted by atomic mass is 10.0. The number of likely N-dealkylation sites (N-methyl/N-ethyl adjacent to an activating group) is 1. The molecule has 0 aliphatic carbocycles. The van der Waals surface area contributed by atoms with E-state index in [9.17, 15) is 0 Å². The molecule has 1 aromatic heterocycles. The van der Waals surface area contributed by atoms with Gasteiger partial charge in [0.2, 0.25) is 0 Å². The largest absolute Gasteiger partial charge is 0.373 e. The van der Waals surface area contributed by atoms with Crippen LogP contribution < -0.4 is 15.5 Å². The minimum Gasteiger partial charge on any atom is -0.373 e. The molecular formula is C20H35IN6O.